The molecule has 0 aliphatic carbocycles. The van der Waals surface area contributed by atoms with E-state index in [1.54, 1.807) is 43.3 Å². The molecular weight excluding hydrogens is 412 g/mol. The molecule has 1 aliphatic rings. The summed E-state index contributed by atoms with van der Waals surface area (Å²) in [6.45, 7) is 7.91. The van der Waals surface area contributed by atoms with E-state index >= 15 is 0 Å². The summed E-state index contributed by atoms with van der Waals surface area (Å²) in [6.07, 6.45) is 1.75. The fourth-order valence-corrected chi connectivity index (χ4v) is 3.81. The van der Waals surface area contributed by atoms with Gasteiger partial charge in [-0.25, -0.2) is 4.98 Å². The van der Waals surface area contributed by atoms with E-state index in [0.29, 0.717) is 35.1 Å². The first kappa shape index (κ1) is 23.3. The Bertz CT molecular complexity index is 1030. The Hall–Kier alpha value is -3.40. The average Bonchev–Trinajstić information content (AvgIpc) is 2.77. The quantitative estimate of drug-likeness (QED) is 0.597. The lowest BCUT2D eigenvalue weighted by Crippen LogP contribution is -2.65. The van der Waals surface area contributed by atoms with Gasteiger partial charge in [0.2, 0.25) is 11.7 Å². The highest BCUT2D eigenvalue weighted by molar-refractivity contribution is 6.06. The normalized spacial score (nSPS) is 17.9. The van der Waals surface area contributed by atoms with Crippen LogP contribution in [0.2, 0.25) is 0 Å². The summed E-state index contributed by atoms with van der Waals surface area (Å²) >= 11 is 0. The summed E-state index contributed by atoms with van der Waals surface area (Å²) < 4.78 is 5.44. The van der Waals surface area contributed by atoms with Crippen LogP contribution in [-0.4, -0.2) is 59.4 Å². The second kappa shape index (κ2) is 8.99. The number of likely N-dealkylation sites (N-methyl/N-ethyl adjacent to an activating group) is 1. The van der Waals surface area contributed by atoms with Crippen molar-refractivity contribution in [3.63, 3.8) is 0 Å². The first-order chi connectivity index (χ1) is 15.2. The lowest BCUT2D eigenvalue weighted by Gasteiger charge is -2.47. The molecule has 2 amide bonds. The summed E-state index contributed by atoms with van der Waals surface area (Å²) in [6, 6.07) is 4.83. The minimum absolute atomic E-state index is 0.190. The minimum Gasteiger partial charge on any atom is -0.495 e. The Labute approximate surface area is 187 Å². The van der Waals surface area contributed by atoms with Crippen molar-refractivity contribution in [1.29, 1.82) is 0 Å². The van der Waals surface area contributed by atoms with E-state index in [0.717, 1.165) is 0 Å². The van der Waals surface area contributed by atoms with Gasteiger partial charge in [0.15, 0.2) is 5.82 Å². The van der Waals surface area contributed by atoms with Gasteiger partial charge in [-0.15, -0.1) is 0 Å². The summed E-state index contributed by atoms with van der Waals surface area (Å²) in [7, 11) is 3.11. The fraction of sp³-hybridized carbons (Fsp3) is 0.455. The number of aromatic nitrogens is 2. The number of nitrogens with zero attached hydrogens (tertiary/aromatic N) is 4. The van der Waals surface area contributed by atoms with Crippen LogP contribution in [0.4, 0.5) is 23.1 Å². The molecule has 0 saturated heterocycles. The van der Waals surface area contributed by atoms with E-state index in [9.17, 15) is 14.7 Å². The molecule has 1 unspecified atom stereocenters. The summed E-state index contributed by atoms with van der Waals surface area (Å²) in [4.78, 5) is 36.9. The predicted molar refractivity (Wildman–Crippen MR) is 123 cm³/mol. The molecule has 10 nitrogen and oxygen atoms in total. The molecule has 3 N–H and O–H groups in total. The Morgan fingerprint density at radius 2 is 2.03 bits per heavy atom. The highest BCUT2D eigenvalue weighted by Gasteiger charge is 2.50. The van der Waals surface area contributed by atoms with Crippen LogP contribution >= 0.6 is 0 Å². The molecule has 172 valence electrons. The van der Waals surface area contributed by atoms with Crippen LogP contribution in [0.5, 0.6) is 5.75 Å². The van der Waals surface area contributed by atoms with Gasteiger partial charge in [-0.05, 0) is 39.0 Å². The number of benzene rings is 1. The fourth-order valence-electron chi connectivity index (χ4n) is 3.81. The molecule has 0 radical (unpaired) electrons. The third-order valence-corrected chi connectivity index (χ3v) is 5.44. The molecule has 1 aromatic heterocycles. The number of ether oxygens (including phenoxy) is 1. The molecule has 0 saturated carbocycles. The van der Waals surface area contributed by atoms with Crippen LogP contribution < -0.4 is 25.2 Å². The lowest BCUT2D eigenvalue weighted by atomic mass is 10.0. The van der Waals surface area contributed by atoms with Crippen molar-refractivity contribution in [1.82, 2.24) is 15.3 Å². The van der Waals surface area contributed by atoms with Crippen molar-refractivity contribution in [2.45, 2.75) is 45.9 Å². The molecular formula is C22H30N6O4. The molecule has 32 heavy (non-hydrogen) atoms. The topological polar surface area (TPSA) is 120 Å². The molecule has 10 heteroatoms. The van der Waals surface area contributed by atoms with E-state index in [4.69, 9.17) is 4.74 Å². The minimum atomic E-state index is -1.70. The van der Waals surface area contributed by atoms with E-state index in [1.807, 2.05) is 20.8 Å². The van der Waals surface area contributed by atoms with Gasteiger partial charge in [-0.3, -0.25) is 9.59 Å². The Balaban J connectivity index is 2.01. The third-order valence-electron chi connectivity index (χ3n) is 5.44. The number of carbonyl (C=O) groups excluding carboxylic acids is 2. The summed E-state index contributed by atoms with van der Waals surface area (Å²) in [5, 5.41) is 17.0. The van der Waals surface area contributed by atoms with Gasteiger partial charge in [0.05, 0.1) is 19.0 Å². The Kier molecular flexibility index (Phi) is 6.54. The SMILES string of the molecule is CCNC(=O)c1ccc(Nc2ncc3c(n2)N(C(C)C)C(O)(CC)C(=O)N3C)c(OC)c1. The lowest BCUT2D eigenvalue weighted by molar-refractivity contribution is -0.138. The van der Waals surface area contributed by atoms with Crippen molar-refractivity contribution in [3.05, 3.63) is 30.0 Å². The first-order valence-electron chi connectivity index (χ1n) is 10.6. The Morgan fingerprint density at radius 1 is 1.31 bits per heavy atom. The van der Waals surface area contributed by atoms with Crippen LogP contribution in [-0.2, 0) is 4.79 Å². The maximum absolute atomic E-state index is 12.9. The van der Waals surface area contributed by atoms with Crippen molar-refractivity contribution in [3.8, 4) is 5.75 Å². The molecule has 1 aromatic carbocycles. The van der Waals surface area contributed by atoms with Crippen molar-refractivity contribution in [2.75, 3.05) is 35.8 Å². The maximum atomic E-state index is 12.9. The van der Waals surface area contributed by atoms with Gasteiger partial charge in [0.25, 0.3) is 11.8 Å². The largest absolute Gasteiger partial charge is 0.495 e. The number of rotatable bonds is 7. The number of nitrogens with one attached hydrogen (secondary N) is 2. The molecule has 1 atom stereocenters. The number of aliphatic hydroxyl groups is 1. The van der Waals surface area contributed by atoms with E-state index in [-0.39, 0.29) is 24.3 Å². The van der Waals surface area contributed by atoms with Crippen molar-refractivity contribution < 1.29 is 19.4 Å². The second-order valence-corrected chi connectivity index (χ2v) is 7.80. The number of carbonyl (C=O) groups is 2. The molecule has 2 heterocycles. The van der Waals surface area contributed by atoms with E-state index in [2.05, 4.69) is 20.6 Å². The monoisotopic (exact) mass is 442 g/mol. The van der Waals surface area contributed by atoms with Gasteiger partial charge in [-0.1, -0.05) is 6.92 Å². The van der Waals surface area contributed by atoms with Crippen LogP contribution in [0.15, 0.2) is 24.4 Å². The smallest absolute Gasteiger partial charge is 0.280 e. The van der Waals surface area contributed by atoms with Gasteiger partial charge in [-0.2, -0.15) is 4.98 Å². The van der Waals surface area contributed by atoms with E-state index < -0.39 is 11.6 Å². The molecule has 0 spiro atoms. The van der Waals surface area contributed by atoms with Crippen molar-refractivity contribution in [2.24, 2.45) is 0 Å². The van der Waals surface area contributed by atoms with Crippen molar-refractivity contribution >= 4 is 35.0 Å². The standard InChI is InChI=1S/C22H30N6O4/c1-7-22(31)20(30)27(5)16-12-24-21(26-18(16)28(22)13(3)4)25-15-10-9-14(11-17(15)32-6)19(29)23-8-2/h9-13,31H,7-8H2,1-6H3,(H,23,29)(H,24,25,26). The summed E-state index contributed by atoms with van der Waals surface area (Å²) in [5.41, 5.74) is -0.152. The number of fused-ring (bicyclic) bond motifs is 1. The maximum Gasteiger partial charge on any atom is 0.280 e. The zero-order valence-corrected chi connectivity index (χ0v) is 19.3. The third kappa shape index (κ3) is 3.93. The van der Waals surface area contributed by atoms with Crippen LogP contribution in [0.1, 0.15) is 44.5 Å². The number of anilines is 4. The molecule has 0 bridgehead atoms. The molecule has 3 rings (SSSR count). The molecule has 2 aromatic rings. The van der Waals surface area contributed by atoms with Gasteiger partial charge < -0.3 is 30.3 Å². The molecule has 0 fully saturated rings. The Morgan fingerprint density at radius 3 is 2.62 bits per heavy atom. The zero-order chi connectivity index (χ0) is 23.6. The van der Waals surface area contributed by atoms with Gasteiger partial charge in [0.1, 0.15) is 11.4 Å². The first-order valence-corrected chi connectivity index (χ1v) is 10.6. The van der Waals surface area contributed by atoms with Crippen LogP contribution in [0.25, 0.3) is 0 Å². The van der Waals surface area contributed by atoms with Gasteiger partial charge in [0, 0.05) is 31.6 Å². The number of methoxy groups -OCH3 is 1. The summed E-state index contributed by atoms with van der Waals surface area (Å²) in [5.74, 6) is 0.546. The van der Waals surface area contributed by atoms with Crippen LogP contribution in [0.3, 0.4) is 0 Å². The zero-order valence-electron chi connectivity index (χ0n) is 19.3. The number of hydrogen-bond acceptors (Lipinski definition) is 8. The average molecular weight is 443 g/mol. The second-order valence-electron chi connectivity index (χ2n) is 7.80. The highest BCUT2D eigenvalue weighted by atomic mass is 16.5. The van der Waals surface area contributed by atoms with Crippen LogP contribution in [0, 0.1) is 0 Å². The number of amides is 2. The van der Waals surface area contributed by atoms with E-state index in [1.165, 1.54) is 12.0 Å². The highest BCUT2D eigenvalue weighted by Crippen LogP contribution is 2.40. The molecule has 1 aliphatic heterocycles. The number of hydrogen-bond donors (Lipinski definition) is 3. The van der Waals surface area contributed by atoms with Gasteiger partial charge >= 0.3 is 0 Å². The predicted octanol–water partition coefficient (Wildman–Crippen LogP) is 2.27.